The number of rotatable bonds is 9. The minimum atomic E-state index is -4.02. The molecule has 0 aliphatic heterocycles. The summed E-state index contributed by atoms with van der Waals surface area (Å²) >= 11 is 6.97. The van der Waals surface area contributed by atoms with Crippen molar-refractivity contribution in [2.75, 3.05) is 11.6 Å². The maximum atomic E-state index is 12.5. The Balaban J connectivity index is 2.08. The molecule has 2 aromatic rings. The summed E-state index contributed by atoms with van der Waals surface area (Å²) in [6.07, 6.45) is 0. The highest BCUT2D eigenvalue weighted by Gasteiger charge is 2.25. The molecular weight excluding hydrogens is 424 g/mol. The third-order valence-corrected chi connectivity index (χ3v) is 6.30. The van der Waals surface area contributed by atoms with Crippen LogP contribution in [0, 0.1) is 0 Å². The van der Waals surface area contributed by atoms with E-state index in [0.717, 1.165) is 22.9 Å². The Morgan fingerprint density at radius 1 is 1.07 bits per heavy atom. The van der Waals surface area contributed by atoms with E-state index in [1.54, 1.807) is 24.3 Å². The second-order valence-electron chi connectivity index (χ2n) is 5.79. The Bertz CT molecular complexity index is 931. The summed E-state index contributed by atoms with van der Waals surface area (Å²) in [7, 11) is -4.02. The summed E-state index contributed by atoms with van der Waals surface area (Å²) < 4.78 is 27.2. The summed E-state index contributed by atoms with van der Waals surface area (Å²) in [5.74, 6) is -1.38. The van der Waals surface area contributed by atoms with Gasteiger partial charge in [0.2, 0.25) is 15.9 Å². The summed E-state index contributed by atoms with van der Waals surface area (Å²) in [4.78, 5) is 22.2. The molecule has 0 aromatic heterocycles. The van der Waals surface area contributed by atoms with Gasteiger partial charge in [-0.25, -0.2) is 8.42 Å². The van der Waals surface area contributed by atoms with Crippen LogP contribution in [0.3, 0.4) is 0 Å². The molecule has 7 nitrogen and oxygen atoms in total. The molecule has 28 heavy (non-hydrogen) atoms. The number of hydrogen-bond donors (Lipinski definition) is 3. The molecule has 10 heteroatoms. The Hall–Kier alpha value is -2.07. The van der Waals surface area contributed by atoms with Gasteiger partial charge in [0, 0.05) is 17.7 Å². The van der Waals surface area contributed by atoms with E-state index in [2.05, 4.69) is 10.0 Å². The lowest BCUT2D eigenvalue weighted by Gasteiger charge is -2.15. The summed E-state index contributed by atoms with van der Waals surface area (Å²) in [6.45, 7) is 1.34. The van der Waals surface area contributed by atoms with Crippen LogP contribution in [0.1, 0.15) is 6.92 Å². The lowest BCUT2D eigenvalue weighted by Crippen LogP contribution is -2.42. The van der Waals surface area contributed by atoms with E-state index in [1.807, 2.05) is 12.1 Å². The second-order valence-corrected chi connectivity index (χ2v) is 8.97. The van der Waals surface area contributed by atoms with E-state index in [0.29, 0.717) is 5.02 Å². The van der Waals surface area contributed by atoms with Crippen LogP contribution >= 0.6 is 23.4 Å². The van der Waals surface area contributed by atoms with Gasteiger partial charge in [-0.1, -0.05) is 35.9 Å². The minimum absolute atomic E-state index is 0.0301. The molecule has 0 heterocycles. The number of carbonyl (C=O) groups is 2. The van der Waals surface area contributed by atoms with Crippen molar-refractivity contribution < 1.29 is 23.1 Å². The molecule has 3 N–H and O–H groups in total. The summed E-state index contributed by atoms with van der Waals surface area (Å²) in [5.41, 5.74) is 1.68. The molecule has 1 unspecified atom stereocenters. The van der Waals surface area contributed by atoms with Crippen molar-refractivity contribution in [2.45, 2.75) is 17.9 Å². The Morgan fingerprint density at radius 3 is 2.11 bits per heavy atom. The molecule has 0 radical (unpaired) electrons. The number of thioether (sulfide) groups is 1. The van der Waals surface area contributed by atoms with E-state index in [9.17, 15) is 23.1 Å². The number of amides is 1. The molecule has 0 fully saturated rings. The Morgan fingerprint density at radius 2 is 1.61 bits per heavy atom. The normalized spacial score (nSPS) is 12.4. The Labute approximate surface area is 172 Å². The number of nitrogens with one attached hydrogen (secondary N) is 2. The van der Waals surface area contributed by atoms with Crippen molar-refractivity contribution >= 4 is 45.3 Å². The van der Waals surface area contributed by atoms with E-state index in [1.165, 1.54) is 19.1 Å². The number of carboxylic acid groups (broad SMARTS) is 1. The van der Waals surface area contributed by atoms with Crippen LogP contribution in [-0.4, -0.2) is 43.1 Å². The van der Waals surface area contributed by atoms with Crippen molar-refractivity contribution in [2.24, 2.45) is 0 Å². The third kappa shape index (κ3) is 6.52. The topological polar surface area (TPSA) is 113 Å². The molecule has 150 valence electrons. The highest BCUT2D eigenvalue weighted by Crippen LogP contribution is 2.23. The smallest absolute Gasteiger partial charge is 0.322 e. The predicted molar refractivity (Wildman–Crippen MR) is 110 cm³/mol. The lowest BCUT2D eigenvalue weighted by atomic mass is 10.1. The fraction of sp³-hybridized carbons (Fsp3) is 0.222. The number of benzene rings is 2. The number of hydrogen-bond acceptors (Lipinski definition) is 5. The second kappa shape index (κ2) is 9.92. The van der Waals surface area contributed by atoms with Crippen molar-refractivity contribution in [3.63, 3.8) is 0 Å². The molecule has 1 atom stereocenters. The van der Waals surface area contributed by atoms with E-state index in [-0.39, 0.29) is 22.4 Å². The van der Waals surface area contributed by atoms with E-state index >= 15 is 0 Å². The largest absolute Gasteiger partial charge is 0.480 e. The van der Waals surface area contributed by atoms with Gasteiger partial charge < -0.3 is 10.4 Å². The average molecular weight is 443 g/mol. The Kier molecular flexibility index (Phi) is 7.88. The predicted octanol–water partition coefficient (Wildman–Crippen LogP) is 2.57. The molecule has 0 spiro atoms. The summed E-state index contributed by atoms with van der Waals surface area (Å²) in [5, 5.41) is 12.4. The highest BCUT2D eigenvalue weighted by atomic mass is 35.5. The van der Waals surface area contributed by atoms with Crippen LogP contribution in [0.25, 0.3) is 11.1 Å². The van der Waals surface area contributed by atoms with Crippen molar-refractivity contribution in [1.29, 1.82) is 0 Å². The molecule has 0 aliphatic rings. The van der Waals surface area contributed by atoms with Crippen LogP contribution < -0.4 is 10.0 Å². The van der Waals surface area contributed by atoms with Gasteiger partial charge in [-0.05, 0) is 35.4 Å². The van der Waals surface area contributed by atoms with Gasteiger partial charge >= 0.3 is 5.97 Å². The molecule has 0 saturated carbocycles. The standard InChI is InChI=1S/C18H19ClN2O5S2/c1-12(22)20-11-27-10-17(18(23)24)21-28(25,26)16-8-4-14(5-9-16)13-2-6-15(19)7-3-13/h2-9,17,21H,10-11H2,1H3,(H,20,22)(H,23,24). The zero-order valence-corrected chi connectivity index (χ0v) is 17.3. The first-order valence-electron chi connectivity index (χ1n) is 8.12. The van der Waals surface area contributed by atoms with Gasteiger partial charge in [0.05, 0.1) is 10.8 Å². The maximum absolute atomic E-state index is 12.5. The van der Waals surface area contributed by atoms with Gasteiger partial charge in [-0.15, -0.1) is 11.8 Å². The van der Waals surface area contributed by atoms with E-state index in [4.69, 9.17) is 11.6 Å². The molecule has 0 saturated heterocycles. The first-order valence-corrected chi connectivity index (χ1v) is 11.1. The molecule has 1 amide bonds. The molecular formula is C18H19ClN2O5S2. The van der Waals surface area contributed by atoms with Gasteiger partial charge in [0.15, 0.2) is 0 Å². The number of sulfonamides is 1. The van der Waals surface area contributed by atoms with Crippen LogP contribution in [0.4, 0.5) is 0 Å². The molecule has 0 aliphatic carbocycles. The lowest BCUT2D eigenvalue weighted by molar-refractivity contribution is -0.138. The fourth-order valence-electron chi connectivity index (χ4n) is 2.21. The first kappa shape index (κ1) is 22.2. The maximum Gasteiger partial charge on any atom is 0.322 e. The molecule has 2 aromatic carbocycles. The number of carbonyl (C=O) groups excluding carboxylic acids is 1. The van der Waals surface area contributed by atoms with Gasteiger partial charge in [-0.3, -0.25) is 9.59 Å². The van der Waals surface area contributed by atoms with Crippen molar-refractivity contribution in [1.82, 2.24) is 10.0 Å². The quantitative estimate of drug-likeness (QED) is 0.406. The first-order chi connectivity index (χ1) is 13.2. The van der Waals surface area contributed by atoms with Gasteiger partial charge in [0.1, 0.15) is 6.04 Å². The van der Waals surface area contributed by atoms with E-state index < -0.39 is 22.0 Å². The molecule has 0 bridgehead atoms. The van der Waals surface area contributed by atoms with Gasteiger partial charge in [-0.2, -0.15) is 4.72 Å². The summed E-state index contributed by atoms with van der Waals surface area (Å²) in [6, 6.07) is 11.9. The number of carboxylic acids is 1. The molecule has 2 rings (SSSR count). The van der Waals surface area contributed by atoms with Crippen LogP contribution in [0.15, 0.2) is 53.4 Å². The SMILES string of the molecule is CC(=O)NCSCC(NS(=O)(=O)c1ccc(-c2ccc(Cl)cc2)cc1)C(=O)O. The average Bonchev–Trinajstić information content (AvgIpc) is 2.64. The third-order valence-electron chi connectivity index (χ3n) is 3.65. The van der Waals surface area contributed by atoms with Crippen LogP contribution in [0.2, 0.25) is 5.02 Å². The minimum Gasteiger partial charge on any atom is -0.480 e. The van der Waals surface area contributed by atoms with Gasteiger partial charge in [0.25, 0.3) is 0 Å². The fourth-order valence-corrected chi connectivity index (χ4v) is 4.51. The number of halogens is 1. The number of aliphatic carboxylic acids is 1. The zero-order valence-electron chi connectivity index (χ0n) is 14.9. The van der Waals surface area contributed by atoms with Crippen molar-refractivity contribution in [3.8, 4) is 11.1 Å². The van der Waals surface area contributed by atoms with Crippen molar-refractivity contribution in [3.05, 3.63) is 53.6 Å². The monoisotopic (exact) mass is 442 g/mol. The van der Waals surface area contributed by atoms with Crippen LogP contribution in [0.5, 0.6) is 0 Å². The zero-order chi connectivity index (χ0) is 20.7. The van der Waals surface area contributed by atoms with Crippen LogP contribution in [-0.2, 0) is 19.6 Å². The highest BCUT2D eigenvalue weighted by molar-refractivity contribution is 7.99.